The Morgan fingerprint density at radius 1 is 1.36 bits per heavy atom. The number of carbonyl (C=O) groups excluding carboxylic acids is 2. The van der Waals surface area contributed by atoms with Crippen LogP contribution < -0.4 is 5.32 Å². The number of hydrogen-bond acceptors (Lipinski definition) is 2. The maximum absolute atomic E-state index is 11.9. The topological polar surface area (TPSA) is 49.4 Å². The van der Waals surface area contributed by atoms with Gasteiger partial charge in [-0.15, -0.1) is 0 Å². The molecular weight excluding hydrogens is 180 g/mol. The first kappa shape index (κ1) is 9.49. The largest absolute Gasteiger partial charge is 0.341 e. The van der Waals surface area contributed by atoms with E-state index < -0.39 is 5.54 Å². The van der Waals surface area contributed by atoms with E-state index in [1.165, 1.54) is 6.42 Å². The molecule has 1 saturated carbocycles. The standard InChI is InChI=1S/C10H16N2O2/c1-10(2)9(14)12(6-8(13)11-10)7-4-3-5-7/h7H,3-6H2,1-2H3,(H,11,13). The summed E-state index contributed by atoms with van der Waals surface area (Å²) in [5.41, 5.74) is -0.717. The number of rotatable bonds is 1. The lowest BCUT2D eigenvalue weighted by Crippen LogP contribution is -2.66. The highest BCUT2D eigenvalue weighted by Gasteiger charge is 2.42. The van der Waals surface area contributed by atoms with Crippen LogP contribution in [0.5, 0.6) is 0 Å². The molecule has 2 rings (SSSR count). The van der Waals surface area contributed by atoms with Gasteiger partial charge in [-0.05, 0) is 33.1 Å². The normalized spacial score (nSPS) is 27.1. The fourth-order valence-corrected chi connectivity index (χ4v) is 2.02. The quantitative estimate of drug-likeness (QED) is 0.654. The molecule has 0 unspecified atom stereocenters. The van der Waals surface area contributed by atoms with Crippen molar-refractivity contribution in [2.75, 3.05) is 6.54 Å². The van der Waals surface area contributed by atoms with Crippen LogP contribution in [0, 0.1) is 0 Å². The van der Waals surface area contributed by atoms with Crippen molar-refractivity contribution < 1.29 is 9.59 Å². The zero-order valence-electron chi connectivity index (χ0n) is 8.67. The highest BCUT2D eigenvalue weighted by atomic mass is 16.2. The van der Waals surface area contributed by atoms with Crippen molar-refractivity contribution in [3.63, 3.8) is 0 Å². The van der Waals surface area contributed by atoms with Crippen molar-refractivity contribution in [3.05, 3.63) is 0 Å². The molecule has 1 aliphatic heterocycles. The lowest BCUT2D eigenvalue weighted by Gasteiger charge is -2.44. The molecule has 14 heavy (non-hydrogen) atoms. The van der Waals surface area contributed by atoms with Gasteiger partial charge in [-0.1, -0.05) is 0 Å². The summed E-state index contributed by atoms with van der Waals surface area (Å²) in [6, 6.07) is 0.313. The van der Waals surface area contributed by atoms with Crippen LogP contribution in [-0.4, -0.2) is 34.8 Å². The van der Waals surface area contributed by atoms with Gasteiger partial charge >= 0.3 is 0 Å². The molecule has 2 aliphatic rings. The van der Waals surface area contributed by atoms with Crippen LogP contribution in [-0.2, 0) is 9.59 Å². The molecule has 0 radical (unpaired) electrons. The van der Waals surface area contributed by atoms with Gasteiger partial charge in [-0.25, -0.2) is 0 Å². The lowest BCUT2D eigenvalue weighted by atomic mass is 9.88. The Kier molecular flexibility index (Phi) is 2.01. The Balaban J connectivity index is 2.15. The molecule has 2 fully saturated rings. The van der Waals surface area contributed by atoms with Crippen LogP contribution in [0.1, 0.15) is 33.1 Å². The van der Waals surface area contributed by atoms with Gasteiger partial charge in [0, 0.05) is 6.04 Å². The molecule has 4 nitrogen and oxygen atoms in total. The summed E-state index contributed by atoms with van der Waals surface area (Å²) in [6.07, 6.45) is 3.28. The lowest BCUT2D eigenvalue weighted by molar-refractivity contribution is -0.152. The number of amides is 2. The Labute approximate surface area is 83.6 Å². The first-order valence-corrected chi connectivity index (χ1v) is 5.13. The molecule has 78 valence electrons. The third-order valence-corrected chi connectivity index (χ3v) is 3.08. The Morgan fingerprint density at radius 3 is 2.50 bits per heavy atom. The summed E-state index contributed by atoms with van der Waals surface area (Å²) >= 11 is 0. The highest BCUT2D eigenvalue weighted by molar-refractivity contribution is 5.97. The molecule has 0 atom stereocenters. The zero-order chi connectivity index (χ0) is 10.3. The van der Waals surface area contributed by atoms with Crippen molar-refractivity contribution in [1.82, 2.24) is 10.2 Å². The molecule has 0 aromatic heterocycles. The predicted octanol–water partition coefficient (Wildman–Crippen LogP) is 0.276. The van der Waals surface area contributed by atoms with Gasteiger partial charge in [0.25, 0.3) is 0 Å². The zero-order valence-corrected chi connectivity index (χ0v) is 8.67. The fourth-order valence-electron chi connectivity index (χ4n) is 2.02. The van der Waals surface area contributed by atoms with E-state index in [-0.39, 0.29) is 18.4 Å². The monoisotopic (exact) mass is 196 g/mol. The van der Waals surface area contributed by atoms with Gasteiger partial charge in [0.15, 0.2) is 0 Å². The van der Waals surface area contributed by atoms with E-state index >= 15 is 0 Å². The Hall–Kier alpha value is -1.06. The first-order valence-electron chi connectivity index (χ1n) is 5.13. The number of nitrogens with one attached hydrogen (secondary N) is 1. The van der Waals surface area contributed by atoms with Gasteiger partial charge in [-0.2, -0.15) is 0 Å². The second-order valence-corrected chi connectivity index (χ2v) is 4.69. The second-order valence-electron chi connectivity index (χ2n) is 4.69. The second kappa shape index (κ2) is 2.97. The van der Waals surface area contributed by atoms with Crippen LogP contribution >= 0.6 is 0 Å². The summed E-state index contributed by atoms with van der Waals surface area (Å²) in [5.74, 6) is 0.0169. The van der Waals surface area contributed by atoms with Gasteiger partial charge in [-0.3, -0.25) is 9.59 Å². The summed E-state index contributed by atoms with van der Waals surface area (Å²) in [7, 11) is 0. The minimum atomic E-state index is -0.717. The van der Waals surface area contributed by atoms with Gasteiger partial charge in [0.05, 0.1) is 6.54 Å². The molecule has 1 N–H and O–H groups in total. The summed E-state index contributed by atoms with van der Waals surface area (Å²) in [5, 5.41) is 2.71. The molecule has 1 saturated heterocycles. The Bertz CT molecular complexity index is 282. The number of piperazine rings is 1. The maximum Gasteiger partial charge on any atom is 0.248 e. The van der Waals surface area contributed by atoms with Crippen LogP contribution in [0.2, 0.25) is 0 Å². The first-order chi connectivity index (χ1) is 6.50. The van der Waals surface area contributed by atoms with Gasteiger partial charge in [0.1, 0.15) is 5.54 Å². The minimum absolute atomic E-state index is 0.0403. The van der Waals surface area contributed by atoms with E-state index in [9.17, 15) is 9.59 Å². The molecular formula is C10H16N2O2. The molecule has 1 aliphatic carbocycles. The molecule has 2 amide bonds. The average molecular weight is 196 g/mol. The van der Waals surface area contributed by atoms with Crippen molar-refractivity contribution >= 4 is 11.8 Å². The van der Waals surface area contributed by atoms with Crippen LogP contribution in [0.4, 0.5) is 0 Å². The number of hydrogen-bond donors (Lipinski definition) is 1. The average Bonchev–Trinajstić information content (AvgIpc) is 1.94. The van der Waals surface area contributed by atoms with Crippen LogP contribution in [0.3, 0.4) is 0 Å². The van der Waals surface area contributed by atoms with E-state index in [4.69, 9.17) is 0 Å². The molecule has 0 aromatic rings. The number of nitrogens with zero attached hydrogens (tertiary/aromatic N) is 1. The molecule has 4 heteroatoms. The summed E-state index contributed by atoms with van der Waals surface area (Å²) in [4.78, 5) is 25.1. The summed E-state index contributed by atoms with van der Waals surface area (Å²) < 4.78 is 0. The Morgan fingerprint density at radius 2 is 2.00 bits per heavy atom. The van der Waals surface area contributed by atoms with E-state index in [1.807, 2.05) is 0 Å². The summed E-state index contributed by atoms with van der Waals surface area (Å²) in [6.45, 7) is 3.77. The molecule has 0 spiro atoms. The van der Waals surface area contributed by atoms with Crippen molar-refractivity contribution in [2.24, 2.45) is 0 Å². The van der Waals surface area contributed by atoms with Crippen LogP contribution in [0.25, 0.3) is 0 Å². The van der Waals surface area contributed by atoms with Crippen molar-refractivity contribution in [2.45, 2.75) is 44.7 Å². The van der Waals surface area contributed by atoms with Crippen molar-refractivity contribution in [1.29, 1.82) is 0 Å². The molecule has 0 aromatic carbocycles. The molecule has 1 heterocycles. The van der Waals surface area contributed by atoms with Crippen molar-refractivity contribution in [3.8, 4) is 0 Å². The third kappa shape index (κ3) is 1.38. The maximum atomic E-state index is 11.9. The highest BCUT2D eigenvalue weighted by Crippen LogP contribution is 2.28. The third-order valence-electron chi connectivity index (χ3n) is 3.08. The number of carbonyl (C=O) groups is 2. The minimum Gasteiger partial charge on any atom is -0.341 e. The van der Waals surface area contributed by atoms with E-state index in [2.05, 4.69) is 5.32 Å². The SMILES string of the molecule is CC1(C)NC(=O)CN(C2CCC2)C1=O. The van der Waals surface area contributed by atoms with Gasteiger partial charge < -0.3 is 10.2 Å². The van der Waals surface area contributed by atoms with E-state index in [1.54, 1.807) is 18.7 Å². The smallest absolute Gasteiger partial charge is 0.248 e. The predicted molar refractivity (Wildman–Crippen MR) is 51.6 cm³/mol. The molecule has 0 bridgehead atoms. The van der Waals surface area contributed by atoms with Gasteiger partial charge in [0.2, 0.25) is 11.8 Å². The van der Waals surface area contributed by atoms with E-state index in [0.717, 1.165) is 12.8 Å². The van der Waals surface area contributed by atoms with Crippen LogP contribution in [0.15, 0.2) is 0 Å². The van der Waals surface area contributed by atoms with E-state index in [0.29, 0.717) is 6.04 Å². The fraction of sp³-hybridized carbons (Fsp3) is 0.800.